The third-order valence-corrected chi connectivity index (χ3v) is 3.52. The van der Waals surface area contributed by atoms with Crippen molar-refractivity contribution in [3.63, 3.8) is 0 Å². The highest BCUT2D eigenvalue weighted by Crippen LogP contribution is 2.20. The van der Waals surface area contributed by atoms with Crippen molar-refractivity contribution >= 4 is 15.9 Å². The van der Waals surface area contributed by atoms with Gasteiger partial charge in [-0.1, -0.05) is 0 Å². The predicted octanol–water partition coefficient (Wildman–Crippen LogP) is 1.66. The summed E-state index contributed by atoms with van der Waals surface area (Å²) in [6, 6.07) is 5.97. The molecule has 1 aliphatic heterocycles. The summed E-state index contributed by atoms with van der Waals surface area (Å²) in [5.74, 6) is 0. The monoisotopic (exact) mass is 294 g/mol. The molecule has 5 heteroatoms. The maximum absolute atomic E-state index is 9.31. The minimum Gasteiger partial charge on any atom is -0.304 e. The zero-order valence-corrected chi connectivity index (χ0v) is 11.4. The van der Waals surface area contributed by atoms with Gasteiger partial charge in [-0.15, -0.1) is 0 Å². The number of likely N-dealkylation sites (N-methyl/N-ethyl adjacent to an activating group) is 1. The van der Waals surface area contributed by atoms with Crippen molar-refractivity contribution in [2.75, 3.05) is 33.2 Å². The lowest BCUT2D eigenvalue weighted by Gasteiger charge is -2.34. The molecule has 1 aliphatic rings. The number of nitriles is 1. The van der Waals surface area contributed by atoms with E-state index in [2.05, 4.69) is 43.8 Å². The fourth-order valence-electron chi connectivity index (χ4n) is 1.96. The molecule has 0 spiro atoms. The number of nitrogens with zero attached hydrogens (tertiary/aromatic N) is 4. The molecular weight excluding hydrogens is 280 g/mol. The van der Waals surface area contributed by atoms with Gasteiger partial charge in [0.1, 0.15) is 6.04 Å². The van der Waals surface area contributed by atoms with Gasteiger partial charge in [0, 0.05) is 36.8 Å². The number of hydrogen-bond donors (Lipinski definition) is 0. The summed E-state index contributed by atoms with van der Waals surface area (Å²) < 4.78 is 0.941. The average Bonchev–Trinajstić information content (AvgIpc) is 2.35. The number of piperazine rings is 1. The van der Waals surface area contributed by atoms with Gasteiger partial charge < -0.3 is 4.90 Å². The highest BCUT2D eigenvalue weighted by Gasteiger charge is 2.24. The van der Waals surface area contributed by atoms with Gasteiger partial charge in [0.15, 0.2) is 0 Å². The van der Waals surface area contributed by atoms with Crippen molar-refractivity contribution in [1.29, 1.82) is 5.26 Å². The Morgan fingerprint density at radius 1 is 1.35 bits per heavy atom. The fourth-order valence-corrected chi connectivity index (χ4v) is 2.20. The average molecular weight is 295 g/mol. The topological polar surface area (TPSA) is 43.2 Å². The molecule has 2 rings (SSSR count). The number of pyridine rings is 1. The highest BCUT2D eigenvalue weighted by atomic mass is 79.9. The Morgan fingerprint density at radius 3 is 2.59 bits per heavy atom. The summed E-state index contributed by atoms with van der Waals surface area (Å²) in [7, 11) is 2.11. The SMILES string of the molecule is CN1CCN(C(C#N)c2ccc(Br)cn2)CC1. The van der Waals surface area contributed by atoms with Crippen LogP contribution in [0.4, 0.5) is 0 Å². The van der Waals surface area contributed by atoms with Crippen molar-refractivity contribution in [2.24, 2.45) is 0 Å². The molecule has 90 valence electrons. The fraction of sp³-hybridized carbons (Fsp3) is 0.500. The Labute approximate surface area is 110 Å². The van der Waals surface area contributed by atoms with E-state index >= 15 is 0 Å². The molecule has 0 N–H and O–H groups in total. The van der Waals surface area contributed by atoms with Crippen LogP contribution in [0.5, 0.6) is 0 Å². The van der Waals surface area contributed by atoms with Gasteiger partial charge in [0.05, 0.1) is 11.8 Å². The minimum absolute atomic E-state index is 0.225. The van der Waals surface area contributed by atoms with Gasteiger partial charge >= 0.3 is 0 Å². The highest BCUT2D eigenvalue weighted by molar-refractivity contribution is 9.10. The molecule has 2 heterocycles. The van der Waals surface area contributed by atoms with E-state index in [0.717, 1.165) is 36.3 Å². The molecule has 0 radical (unpaired) electrons. The summed E-state index contributed by atoms with van der Waals surface area (Å²) in [4.78, 5) is 8.79. The summed E-state index contributed by atoms with van der Waals surface area (Å²) in [5.41, 5.74) is 0.834. The second-order valence-electron chi connectivity index (χ2n) is 4.27. The molecule has 1 aromatic heterocycles. The van der Waals surface area contributed by atoms with Gasteiger partial charge in [-0.05, 0) is 35.1 Å². The van der Waals surface area contributed by atoms with Crippen molar-refractivity contribution in [1.82, 2.24) is 14.8 Å². The van der Waals surface area contributed by atoms with Crippen LogP contribution in [0.25, 0.3) is 0 Å². The van der Waals surface area contributed by atoms with Crippen LogP contribution in [0.3, 0.4) is 0 Å². The quantitative estimate of drug-likeness (QED) is 0.832. The molecule has 1 fully saturated rings. The standard InChI is InChI=1S/C12H15BrN4/c1-16-4-6-17(7-5-16)12(8-14)11-3-2-10(13)9-15-11/h2-3,9,12H,4-7H2,1H3. The van der Waals surface area contributed by atoms with E-state index < -0.39 is 0 Å². The Bertz CT molecular complexity index is 404. The van der Waals surface area contributed by atoms with Crippen LogP contribution in [0.1, 0.15) is 11.7 Å². The van der Waals surface area contributed by atoms with Gasteiger partial charge in [-0.25, -0.2) is 0 Å². The lowest BCUT2D eigenvalue weighted by atomic mass is 10.1. The Kier molecular flexibility index (Phi) is 4.11. The van der Waals surface area contributed by atoms with Crippen LogP contribution in [0.2, 0.25) is 0 Å². The molecule has 4 nitrogen and oxygen atoms in total. The van der Waals surface area contributed by atoms with Crippen molar-refractivity contribution in [3.8, 4) is 6.07 Å². The largest absolute Gasteiger partial charge is 0.304 e. The molecule has 1 aromatic rings. The van der Waals surface area contributed by atoms with Crippen LogP contribution in [0.15, 0.2) is 22.8 Å². The molecule has 0 aromatic carbocycles. The summed E-state index contributed by atoms with van der Waals surface area (Å²) in [6.07, 6.45) is 1.75. The normalized spacial score (nSPS) is 19.8. The number of hydrogen-bond acceptors (Lipinski definition) is 4. The van der Waals surface area contributed by atoms with Gasteiger partial charge in [0.25, 0.3) is 0 Å². The molecular formula is C12H15BrN4. The Hall–Kier alpha value is -0.960. The smallest absolute Gasteiger partial charge is 0.141 e. The summed E-state index contributed by atoms with van der Waals surface area (Å²) in [6.45, 7) is 3.86. The molecule has 0 bridgehead atoms. The van der Waals surface area contributed by atoms with Gasteiger partial charge in [-0.2, -0.15) is 5.26 Å². The molecule has 1 unspecified atom stereocenters. The number of aromatic nitrogens is 1. The van der Waals surface area contributed by atoms with E-state index in [1.54, 1.807) is 6.20 Å². The van der Waals surface area contributed by atoms with Crippen LogP contribution in [-0.2, 0) is 0 Å². The van der Waals surface area contributed by atoms with Crippen LogP contribution in [-0.4, -0.2) is 48.0 Å². The van der Waals surface area contributed by atoms with Crippen molar-refractivity contribution < 1.29 is 0 Å². The van der Waals surface area contributed by atoms with Gasteiger partial charge in [0.2, 0.25) is 0 Å². The van der Waals surface area contributed by atoms with E-state index in [-0.39, 0.29) is 6.04 Å². The van der Waals surface area contributed by atoms with Crippen molar-refractivity contribution in [2.45, 2.75) is 6.04 Å². The zero-order chi connectivity index (χ0) is 12.3. The maximum atomic E-state index is 9.31. The van der Waals surface area contributed by atoms with E-state index in [9.17, 15) is 5.26 Å². The number of rotatable bonds is 2. The third-order valence-electron chi connectivity index (χ3n) is 3.06. The summed E-state index contributed by atoms with van der Waals surface area (Å²) >= 11 is 3.35. The van der Waals surface area contributed by atoms with Crippen LogP contribution < -0.4 is 0 Å². The first-order valence-electron chi connectivity index (χ1n) is 5.64. The lowest BCUT2D eigenvalue weighted by Crippen LogP contribution is -2.45. The molecule has 1 saturated heterocycles. The predicted molar refractivity (Wildman–Crippen MR) is 69.4 cm³/mol. The first-order chi connectivity index (χ1) is 8.20. The lowest BCUT2D eigenvalue weighted by molar-refractivity contribution is 0.131. The van der Waals surface area contributed by atoms with E-state index in [0.29, 0.717) is 0 Å². The second-order valence-corrected chi connectivity index (χ2v) is 5.19. The van der Waals surface area contributed by atoms with Gasteiger partial charge in [-0.3, -0.25) is 9.88 Å². The first kappa shape index (κ1) is 12.5. The summed E-state index contributed by atoms with van der Waals surface area (Å²) in [5, 5.41) is 9.31. The second kappa shape index (κ2) is 5.58. The minimum atomic E-state index is -0.225. The molecule has 1 atom stereocenters. The number of halogens is 1. The molecule has 0 amide bonds. The van der Waals surface area contributed by atoms with E-state index in [4.69, 9.17) is 0 Å². The van der Waals surface area contributed by atoms with Crippen molar-refractivity contribution in [3.05, 3.63) is 28.5 Å². The Morgan fingerprint density at radius 2 is 2.06 bits per heavy atom. The molecule has 17 heavy (non-hydrogen) atoms. The van der Waals surface area contributed by atoms with E-state index in [1.807, 2.05) is 12.1 Å². The third kappa shape index (κ3) is 3.03. The van der Waals surface area contributed by atoms with Crippen LogP contribution >= 0.6 is 15.9 Å². The zero-order valence-electron chi connectivity index (χ0n) is 9.80. The first-order valence-corrected chi connectivity index (χ1v) is 6.43. The molecule has 0 saturated carbocycles. The van der Waals surface area contributed by atoms with E-state index in [1.165, 1.54) is 0 Å². The Balaban J connectivity index is 2.11. The molecule has 0 aliphatic carbocycles. The maximum Gasteiger partial charge on any atom is 0.141 e. The van der Waals surface area contributed by atoms with Crippen LogP contribution in [0, 0.1) is 11.3 Å².